The van der Waals surface area contributed by atoms with Crippen LogP contribution in [0.3, 0.4) is 0 Å². The summed E-state index contributed by atoms with van der Waals surface area (Å²) in [4.78, 5) is 7.44. The van der Waals surface area contributed by atoms with E-state index in [2.05, 4.69) is 29.4 Å². The molecule has 3 rings (SSSR count). The first kappa shape index (κ1) is 17.0. The molecular formula is C18H34N4O. The zero-order valence-electron chi connectivity index (χ0n) is 14.9. The smallest absolute Gasteiger partial charge is 0.191 e. The van der Waals surface area contributed by atoms with Crippen molar-refractivity contribution in [1.29, 1.82) is 0 Å². The molecule has 0 amide bonds. The summed E-state index contributed by atoms with van der Waals surface area (Å²) in [5.41, 5.74) is -0.0611. The van der Waals surface area contributed by atoms with Gasteiger partial charge in [0.2, 0.25) is 0 Å². The average molecular weight is 322 g/mol. The molecule has 0 spiro atoms. The van der Waals surface area contributed by atoms with Gasteiger partial charge in [0.25, 0.3) is 0 Å². The maximum Gasteiger partial charge on any atom is 0.191 e. The number of ether oxygens (including phenoxy) is 1. The second-order valence-electron chi connectivity index (χ2n) is 7.69. The van der Waals surface area contributed by atoms with E-state index >= 15 is 0 Å². The van der Waals surface area contributed by atoms with Gasteiger partial charge in [-0.2, -0.15) is 0 Å². The van der Waals surface area contributed by atoms with E-state index in [1.807, 2.05) is 0 Å². The maximum absolute atomic E-state index is 5.83. The topological polar surface area (TPSA) is 48.9 Å². The third-order valence-electron chi connectivity index (χ3n) is 5.16. The molecule has 1 heterocycles. The van der Waals surface area contributed by atoms with Gasteiger partial charge in [-0.3, -0.25) is 9.89 Å². The third kappa shape index (κ3) is 5.64. The number of hydrogen-bond donors (Lipinski definition) is 2. The highest BCUT2D eigenvalue weighted by Gasteiger charge is 2.33. The van der Waals surface area contributed by atoms with Crippen molar-refractivity contribution in [3.63, 3.8) is 0 Å². The van der Waals surface area contributed by atoms with Crippen LogP contribution in [-0.4, -0.2) is 61.8 Å². The molecule has 5 heteroatoms. The van der Waals surface area contributed by atoms with Crippen LogP contribution in [0.4, 0.5) is 0 Å². The minimum Gasteiger partial charge on any atom is -0.373 e. The molecule has 1 atom stereocenters. The molecule has 1 aliphatic heterocycles. The van der Waals surface area contributed by atoms with E-state index in [1.54, 1.807) is 0 Å². The van der Waals surface area contributed by atoms with Gasteiger partial charge in [0.05, 0.1) is 12.1 Å². The fraction of sp³-hybridized carbons (Fsp3) is 0.944. The first-order valence-electron chi connectivity index (χ1n) is 9.59. The predicted molar refractivity (Wildman–Crippen MR) is 94.9 cm³/mol. The number of hydrogen-bond acceptors (Lipinski definition) is 3. The SMILES string of the molecule is CCNC(=NCC1(C)CCCO1)NCCN(CC1CC1)C1CC1. The Bertz CT molecular complexity index is 398. The Morgan fingerprint density at radius 1 is 1.26 bits per heavy atom. The average Bonchev–Trinajstić information content (AvgIpc) is 3.44. The normalized spacial score (nSPS) is 28.4. The summed E-state index contributed by atoms with van der Waals surface area (Å²) in [6.07, 6.45) is 7.96. The first-order valence-corrected chi connectivity index (χ1v) is 9.59. The van der Waals surface area contributed by atoms with Gasteiger partial charge in [0, 0.05) is 38.8 Å². The molecule has 0 bridgehead atoms. The lowest BCUT2D eigenvalue weighted by Gasteiger charge is -2.24. The van der Waals surface area contributed by atoms with Gasteiger partial charge in [0.15, 0.2) is 5.96 Å². The van der Waals surface area contributed by atoms with Crippen molar-refractivity contribution in [3.8, 4) is 0 Å². The molecule has 5 nitrogen and oxygen atoms in total. The molecule has 1 unspecified atom stereocenters. The molecule has 1 saturated heterocycles. The maximum atomic E-state index is 5.83. The molecule has 0 aromatic heterocycles. The second-order valence-corrected chi connectivity index (χ2v) is 7.69. The molecule has 23 heavy (non-hydrogen) atoms. The number of nitrogens with zero attached hydrogens (tertiary/aromatic N) is 2. The van der Waals surface area contributed by atoms with Crippen LogP contribution in [0, 0.1) is 5.92 Å². The summed E-state index contributed by atoms with van der Waals surface area (Å²) in [6.45, 7) is 10.3. The minimum absolute atomic E-state index is 0.0611. The molecule has 0 radical (unpaired) electrons. The van der Waals surface area contributed by atoms with Crippen LogP contribution in [0.25, 0.3) is 0 Å². The summed E-state index contributed by atoms with van der Waals surface area (Å²) in [6, 6.07) is 0.864. The van der Waals surface area contributed by atoms with Crippen molar-refractivity contribution >= 4 is 5.96 Å². The van der Waals surface area contributed by atoms with Gasteiger partial charge >= 0.3 is 0 Å². The van der Waals surface area contributed by atoms with E-state index in [9.17, 15) is 0 Å². The van der Waals surface area contributed by atoms with Gasteiger partial charge in [-0.05, 0) is 58.3 Å². The lowest BCUT2D eigenvalue weighted by Crippen LogP contribution is -2.43. The van der Waals surface area contributed by atoms with Crippen LogP contribution in [-0.2, 0) is 4.74 Å². The van der Waals surface area contributed by atoms with Crippen molar-refractivity contribution in [3.05, 3.63) is 0 Å². The summed E-state index contributed by atoms with van der Waals surface area (Å²) in [5, 5.41) is 6.87. The fourth-order valence-electron chi connectivity index (χ4n) is 3.36. The lowest BCUT2D eigenvalue weighted by molar-refractivity contribution is 0.0283. The largest absolute Gasteiger partial charge is 0.373 e. The molecule has 0 aromatic carbocycles. The number of guanidine groups is 1. The Morgan fingerprint density at radius 3 is 2.70 bits per heavy atom. The number of aliphatic imine (C=N–C) groups is 1. The highest BCUT2D eigenvalue weighted by atomic mass is 16.5. The minimum atomic E-state index is -0.0611. The van der Waals surface area contributed by atoms with E-state index in [0.29, 0.717) is 0 Å². The Balaban J connectivity index is 1.42. The van der Waals surface area contributed by atoms with Gasteiger partial charge in [-0.15, -0.1) is 0 Å². The van der Waals surface area contributed by atoms with Crippen molar-refractivity contribution in [2.75, 3.05) is 39.3 Å². The summed E-state index contributed by atoms with van der Waals surface area (Å²) in [5.74, 6) is 1.92. The van der Waals surface area contributed by atoms with Crippen LogP contribution >= 0.6 is 0 Å². The number of nitrogens with one attached hydrogen (secondary N) is 2. The fourth-order valence-corrected chi connectivity index (χ4v) is 3.36. The van der Waals surface area contributed by atoms with Crippen LogP contribution in [0.2, 0.25) is 0 Å². The van der Waals surface area contributed by atoms with Gasteiger partial charge in [-0.1, -0.05) is 0 Å². The zero-order chi connectivity index (χ0) is 16.1. The zero-order valence-corrected chi connectivity index (χ0v) is 14.9. The van der Waals surface area contributed by atoms with Crippen LogP contribution in [0.5, 0.6) is 0 Å². The molecule has 2 saturated carbocycles. The van der Waals surface area contributed by atoms with E-state index in [0.717, 1.165) is 63.5 Å². The quantitative estimate of drug-likeness (QED) is 0.503. The Hall–Kier alpha value is -0.810. The van der Waals surface area contributed by atoms with Crippen LogP contribution in [0.15, 0.2) is 4.99 Å². The lowest BCUT2D eigenvalue weighted by atomic mass is 10.0. The molecule has 3 aliphatic rings. The Labute approximate surface area is 141 Å². The number of rotatable bonds is 9. The van der Waals surface area contributed by atoms with Crippen LogP contribution in [0.1, 0.15) is 52.4 Å². The molecule has 2 aliphatic carbocycles. The first-order chi connectivity index (χ1) is 11.2. The van der Waals surface area contributed by atoms with Crippen molar-refractivity contribution < 1.29 is 4.74 Å². The van der Waals surface area contributed by atoms with Crippen molar-refractivity contribution in [2.45, 2.75) is 64.0 Å². The second kappa shape index (κ2) is 7.84. The van der Waals surface area contributed by atoms with E-state index in [-0.39, 0.29) is 5.60 Å². The molecule has 132 valence electrons. The van der Waals surface area contributed by atoms with Crippen molar-refractivity contribution in [1.82, 2.24) is 15.5 Å². The standard InChI is InChI=1S/C18H34N4O/c1-3-19-17(21-14-18(2)9-4-12-23-18)20-10-11-22(16-7-8-16)13-15-5-6-15/h15-16H,3-14H2,1-2H3,(H2,19,20,21). The Kier molecular flexibility index (Phi) is 5.81. The van der Waals surface area contributed by atoms with Gasteiger partial charge in [0.1, 0.15) is 0 Å². The third-order valence-corrected chi connectivity index (χ3v) is 5.16. The summed E-state index contributed by atoms with van der Waals surface area (Å²) >= 11 is 0. The van der Waals surface area contributed by atoms with E-state index < -0.39 is 0 Å². The van der Waals surface area contributed by atoms with E-state index in [4.69, 9.17) is 9.73 Å². The molecule has 3 fully saturated rings. The van der Waals surface area contributed by atoms with Gasteiger partial charge < -0.3 is 15.4 Å². The monoisotopic (exact) mass is 322 g/mol. The molecular weight excluding hydrogens is 288 g/mol. The summed E-state index contributed by atoms with van der Waals surface area (Å²) < 4.78 is 5.83. The molecule has 2 N–H and O–H groups in total. The van der Waals surface area contributed by atoms with Crippen molar-refractivity contribution in [2.24, 2.45) is 10.9 Å². The highest BCUT2D eigenvalue weighted by molar-refractivity contribution is 5.79. The van der Waals surface area contributed by atoms with Crippen LogP contribution < -0.4 is 10.6 Å². The summed E-state index contributed by atoms with van der Waals surface area (Å²) in [7, 11) is 0. The predicted octanol–water partition coefficient (Wildman–Crippen LogP) is 1.99. The van der Waals surface area contributed by atoms with E-state index in [1.165, 1.54) is 32.2 Å². The highest BCUT2D eigenvalue weighted by Crippen LogP contribution is 2.34. The molecule has 0 aromatic rings. The Morgan fingerprint density at radius 2 is 2.09 bits per heavy atom. The van der Waals surface area contributed by atoms with Gasteiger partial charge in [-0.25, -0.2) is 0 Å².